The zero-order chi connectivity index (χ0) is 20.1. The molecule has 0 spiro atoms. The number of nitrogens with two attached hydrogens (primary N) is 1. The van der Waals surface area contributed by atoms with E-state index in [2.05, 4.69) is 39.1 Å². The highest BCUT2D eigenvalue weighted by Gasteiger charge is 2.22. The SMILES string of the molecule is CCCC(C)Oc1nc(N)c2ncc(CC3CCN(CC(C)NC)CC3)n2n1. The molecule has 3 rings (SSSR count). The van der Waals surface area contributed by atoms with E-state index in [9.17, 15) is 0 Å². The van der Waals surface area contributed by atoms with E-state index in [4.69, 9.17) is 10.5 Å². The first kappa shape index (κ1) is 20.8. The van der Waals surface area contributed by atoms with Gasteiger partial charge in [-0.3, -0.25) is 0 Å². The molecule has 3 heterocycles. The molecule has 0 bridgehead atoms. The smallest absolute Gasteiger partial charge is 0.336 e. The fourth-order valence-electron chi connectivity index (χ4n) is 3.91. The number of likely N-dealkylation sites (N-methyl/N-ethyl adjacent to an activating group) is 1. The summed E-state index contributed by atoms with van der Waals surface area (Å²) in [5, 5.41) is 7.89. The summed E-state index contributed by atoms with van der Waals surface area (Å²) < 4.78 is 7.68. The Morgan fingerprint density at radius 1 is 1.32 bits per heavy atom. The lowest BCUT2D eigenvalue weighted by molar-refractivity contribution is 0.171. The molecule has 2 unspecified atom stereocenters. The number of anilines is 1. The number of nitrogens with one attached hydrogen (secondary N) is 1. The molecule has 2 aromatic rings. The van der Waals surface area contributed by atoms with Gasteiger partial charge in [-0.15, -0.1) is 5.10 Å². The third-order valence-corrected chi connectivity index (χ3v) is 5.67. The van der Waals surface area contributed by atoms with Gasteiger partial charge in [0.25, 0.3) is 0 Å². The van der Waals surface area contributed by atoms with Crippen molar-refractivity contribution >= 4 is 11.5 Å². The number of fused-ring (bicyclic) bond motifs is 1. The van der Waals surface area contributed by atoms with E-state index >= 15 is 0 Å². The van der Waals surface area contributed by atoms with Crippen LogP contribution in [0.4, 0.5) is 5.82 Å². The maximum atomic E-state index is 6.10. The monoisotopic (exact) mass is 389 g/mol. The molecule has 3 N–H and O–H groups in total. The molecule has 28 heavy (non-hydrogen) atoms. The lowest BCUT2D eigenvalue weighted by Gasteiger charge is -2.33. The van der Waals surface area contributed by atoms with Gasteiger partial charge in [0.05, 0.1) is 18.0 Å². The van der Waals surface area contributed by atoms with Crippen LogP contribution >= 0.6 is 0 Å². The standard InChI is InChI=1S/C20H35N7O/c1-5-6-15(3)28-20-24-18(21)19-23-12-17(27(19)25-20)11-16-7-9-26(10-8-16)13-14(2)22-4/h12,14-16,22H,5-11,13H2,1-4H3,(H2,21,24,25). The van der Waals surface area contributed by atoms with Crippen LogP contribution in [0.3, 0.4) is 0 Å². The number of likely N-dealkylation sites (tertiary alicyclic amines) is 1. The van der Waals surface area contributed by atoms with E-state index in [-0.39, 0.29) is 6.10 Å². The highest BCUT2D eigenvalue weighted by molar-refractivity contribution is 5.59. The molecule has 0 saturated carbocycles. The van der Waals surface area contributed by atoms with Gasteiger partial charge in [0, 0.05) is 12.6 Å². The Balaban J connectivity index is 1.66. The van der Waals surface area contributed by atoms with Gasteiger partial charge in [-0.2, -0.15) is 4.98 Å². The quantitative estimate of drug-likeness (QED) is 0.678. The number of piperidine rings is 1. The van der Waals surface area contributed by atoms with E-state index in [1.165, 1.54) is 12.8 Å². The van der Waals surface area contributed by atoms with Crippen molar-refractivity contribution in [2.24, 2.45) is 5.92 Å². The van der Waals surface area contributed by atoms with Crippen LogP contribution in [0.25, 0.3) is 5.65 Å². The zero-order valence-corrected chi connectivity index (χ0v) is 17.7. The molecular weight excluding hydrogens is 354 g/mol. The summed E-state index contributed by atoms with van der Waals surface area (Å²) in [5.41, 5.74) is 7.80. The minimum Gasteiger partial charge on any atom is -0.459 e. The van der Waals surface area contributed by atoms with Crippen molar-refractivity contribution < 1.29 is 4.74 Å². The first-order valence-electron chi connectivity index (χ1n) is 10.6. The largest absolute Gasteiger partial charge is 0.459 e. The summed E-state index contributed by atoms with van der Waals surface area (Å²) in [6.07, 6.45) is 7.32. The lowest BCUT2D eigenvalue weighted by Crippen LogP contribution is -2.42. The highest BCUT2D eigenvalue weighted by atomic mass is 16.5. The van der Waals surface area contributed by atoms with Gasteiger partial charge < -0.3 is 20.7 Å². The van der Waals surface area contributed by atoms with Crippen molar-refractivity contribution in [2.75, 3.05) is 32.4 Å². The normalized spacial score (nSPS) is 18.4. The van der Waals surface area contributed by atoms with E-state index in [1.54, 1.807) is 0 Å². The molecule has 0 aliphatic carbocycles. The molecule has 1 aliphatic heterocycles. The fraction of sp³-hybridized carbons (Fsp3) is 0.750. The second-order valence-electron chi connectivity index (χ2n) is 8.12. The van der Waals surface area contributed by atoms with E-state index in [0.29, 0.717) is 29.4 Å². The predicted molar refractivity (Wildman–Crippen MR) is 112 cm³/mol. The second-order valence-corrected chi connectivity index (χ2v) is 8.12. The Kier molecular flexibility index (Phi) is 7.07. The summed E-state index contributed by atoms with van der Waals surface area (Å²) in [7, 11) is 2.02. The molecule has 1 fully saturated rings. The third kappa shape index (κ3) is 5.11. The van der Waals surface area contributed by atoms with Crippen LogP contribution in [-0.4, -0.2) is 63.3 Å². The van der Waals surface area contributed by atoms with Crippen LogP contribution in [0.1, 0.15) is 52.1 Å². The van der Waals surface area contributed by atoms with Gasteiger partial charge >= 0.3 is 6.01 Å². The van der Waals surface area contributed by atoms with Gasteiger partial charge in [0.1, 0.15) is 0 Å². The number of ether oxygens (including phenoxy) is 1. The Labute approximate surface area is 167 Å². The summed E-state index contributed by atoms with van der Waals surface area (Å²) >= 11 is 0. The molecular formula is C20H35N7O. The van der Waals surface area contributed by atoms with Gasteiger partial charge in [-0.1, -0.05) is 13.3 Å². The average molecular weight is 390 g/mol. The molecule has 1 saturated heterocycles. The average Bonchev–Trinajstić information content (AvgIpc) is 3.06. The molecule has 2 atom stereocenters. The minimum atomic E-state index is 0.0677. The van der Waals surface area contributed by atoms with Gasteiger partial charge in [-0.05, 0) is 65.6 Å². The third-order valence-electron chi connectivity index (χ3n) is 5.67. The number of nitrogens with zero attached hydrogens (tertiary/aromatic N) is 5. The van der Waals surface area contributed by atoms with Crippen LogP contribution in [0.5, 0.6) is 6.01 Å². The predicted octanol–water partition coefficient (Wildman–Crippen LogP) is 2.14. The van der Waals surface area contributed by atoms with Crippen molar-refractivity contribution in [2.45, 2.75) is 65.0 Å². The zero-order valence-electron chi connectivity index (χ0n) is 17.7. The number of rotatable bonds is 9. The highest BCUT2D eigenvalue weighted by Crippen LogP contribution is 2.23. The summed E-state index contributed by atoms with van der Waals surface area (Å²) in [6.45, 7) is 9.80. The fourth-order valence-corrected chi connectivity index (χ4v) is 3.91. The lowest BCUT2D eigenvalue weighted by atomic mass is 9.92. The number of imidazole rings is 1. The Morgan fingerprint density at radius 2 is 2.07 bits per heavy atom. The van der Waals surface area contributed by atoms with Crippen LogP contribution in [0, 0.1) is 5.92 Å². The van der Waals surface area contributed by atoms with Crippen molar-refractivity contribution in [1.29, 1.82) is 0 Å². The Bertz CT molecular complexity index is 754. The molecule has 156 valence electrons. The van der Waals surface area contributed by atoms with Crippen molar-refractivity contribution in [3.05, 3.63) is 11.9 Å². The van der Waals surface area contributed by atoms with E-state index in [0.717, 1.165) is 44.6 Å². The molecule has 8 nitrogen and oxygen atoms in total. The molecule has 0 amide bonds. The van der Waals surface area contributed by atoms with Gasteiger partial charge in [0.15, 0.2) is 11.5 Å². The Morgan fingerprint density at radius 3 is 2.75 bits per heavy atom. The maximum Gasteiger partial charge on any atom is 0.336 e. The minimum absolute atomic E-state index is 0.0677. The van der Waals surface area contributed by atoms with Crippen molar-refractivity contribution in [1.82, 2.24) is 29.8 Å². The topological polar surface area (TPSA) is 93.6 Å². The number of aromatic nitrogens is 4. The molecule has 2 aromatic heterocycles. The van der Waals surface area contributed by atoms with Crippen molar-refractivity contribution in [3.8, 4) is 6.01 Å². The maximum absolute atomic E-state index is 6.10. The number of hydrogen-bond donors (Lipinski definition) is 2. The first-order chi connectivity index (χ1) is 13.5. The van der Waals surface area contributed by atoms with Gasteiger partial charge in [-0.25, -0.2) is 9.50 Å². The number of hydrogen-bond acceptors (Lipinski definition) is 7. The molecule has 8 heteroatoms. The van der Waals surface area contributed by atoms with E-state index < -0.39 is 0 Å². The summed E-state index contributed by atoms with van der Waals surface area (Å²) in [5.74, 6) is 1.01. The molecule has 0 aromatic carbocycles. The van der Waals surface area contributed by atoms with Crippen LogP contribution in [0.2, 0.25) is 0 Å². The van der Waals surface area contributed by atoms with Crippen LogP contribution < -0.4 is 15.8 Å². The van der Waals surface area contributed by atoms with Crippen LogP contribution in [-0.2, 0) is 6.42 Å². The van der Waals surface area contributed by atoms with Crippen molar-refractivity contribution in [3.63, 3.8) is 0 Å². The molecule has 1 aliphatic rings. The summed E-state index contributed by atoms with van der Waals surface area (Å²) in [6, 6.07) is 0.865. The number of nitrogen functional groups attached to an aromatic ring is 1. The summed E-state index contributed by atoms with van der Waals surface area (Å²) in [4.78, 5) is 11.3. The first-order valence-corrected chi connectivity index (χ1v) is 10.6. The van der Waals surface area contributed by atoms with Crippen LogP contribution in [0.15, 0.2) is 6.20 Å². The second kappa shape index (κ2) is 9.52. The van der Waals surface area contributed by atoms with Gasteiger partial charge in [0.2, 0.25) is 0 Å². The Hall–Kier alpha value is -1.93. The van der Waals surface area contributed by atoms with E-state index in [1.807, 2.05) is 24.7 Å². The molecule has 0 radical (unpaired) electrons.